The van der Waals surface area contributed by atoms with Gasteiger partial charge < -0.3 is 14.9 Å². The topological polar surface area (TPSA) is 128 Å². The third kappa shape index (κ3) is 3.86. The predicted octanol–water partition coefficient (Wildman–Crippen LogP) is 4.70. The average molecular weight is 506 g/mol. The first-order chi connectivity index (χ1) is 17.6. The highest BCUT2D eigenvalue weighted by molar-refractivity contribution is 5.85. The van der Waals surface area contributed by atoms with E-state index in [0.717, 1.165) is 16.7 Å². The highest BCUT2D eigenvalue weighted by Gasteiger charge is 2.71. The van der Waals surface area contributed by atoms with Gasteiger partial charge >= 0.3 is 12.0 Å². The van der Waals surface area contributed by atoms with Crippen molar-refractivity contribution in [2.45, 2.75) is 44.6 Å². The number of alkyl halides is 2. The lowest BCUT2D eigenvalue weighted by atomic mass is 9.56. The molecule has 0 radical (unpaired) electrons. The number of nitrogens with zero attached hydrogens (tertiary/aromatic N) is 4. The summed E-state index contributed by atoms with van der Waals surface area (Å²) in [6.45, 7) is 5.02. The molecule has 8 nitrogen and oxygen atoms in total. The summed E-state index contributed by atoms with van der Waals surface area (Å²) >= 11 is 0. The first-order valence-electron chi connectivity index (χ1n) is 11.9. The van der Waals surface area contributed by atoms with E-state index in [1.54, 1.807) is 31.3 Å². The van der Waals surface area contributed by atoms with E-state index in [9.17, 15) is 10.1 Å². The largest absolute Gasteiger partial charge is 0.461 e. The van der Waals surface area contributed by atoms with Gasteiger partial charge in [-0.05, 0) is 37.5 Å². The van der Waals surface area contributed by atoms with Gasteiger partial charge in [0, 0.05) is 35.6 Å². The third-order valence-corrected chi connectivity index (χ3v) is 7.70. The van der Waals surface area contributed by atoms with Gasteiger partial charge in [-0.25, -0.2) is 8.78 Å². The van der Waals surface area contributed by atoms with Crippen LogP contribution in [0.1, 0.15) is 43.0 Å². The number of rotatable bonds is 4. The summed E-state index contributed by atoms with van der Waals surface area (Å²) in [5.74, 6) is -6.80. The number of cyclic esters (lactones) is 1. The summed E-state index contributed by atoms with van der Waals surface area (Å²) in [5.41, 5.74) is 7.29. The molecule has 1 saturated carbocycles. The number of anilines is 1. The molecule has 3 heterocycles. The van der Waals surface area contributed by atoms with Gasteiger partial charge in [-0.3, -0.25) is 9.78 Å². The summed E-state index contributed by atoms with van der Waals surface area (Å²) in [6, 6.07) is 11.1. The van der Waals surface area contributed by atoms with Crippen LogP contribution in [0.4, 0.5) is 14.8 Å². The molecule has 0 bridgehead atoms. The molecule has 0 spiro atoms. The monoisotopic (exact) mass is 505 g/mol. The molecule has 3 aromatic rings. The molecule has 2 aliphatic rings. The van der Waals surface area contributed by atoms with Gasteiger partial charge in [0.05, 0.1) is 11.3 Å². The minimum atomic E-state index is -3.21. The Morgan fingerprint density at radius 3 is 2.65 bits per heavy atom. The van der Waals surface area contributed by atoms with E-state index < -0.39 is 47.6 Å². The van der Waals surface area contributed by atoms with E-state index >= 15 is 8.78 Å². The highest BCUT2D eigenvalue weighted by atomic mass is 19.3. The second-order valence-corrected chi connectivity index (χ2v) is 9.80. The second-order valence-electron chi connectivity index (χ2n) is 9.80. The average Bonchev–Trinajstić information content (AvgIpc) is 3.40. The number of nitriles is 1. The van der Waals surface area contributed by atoms with Crippen molar-refractivity contribution < 1.29 is 22.7 Å². The van der Waals surface area contributed by atoms with Crippen molar-refractivity contribution in [2.75, 3.05) is 5.73 Å². The number of esters is 1. The fourth-order valence-electron chi connectivity index (χ4n) is 5.78. The normalized spacial score (nSPS) is 28.6. The van der Waals surface area contributed by atoms with Crippen molar-refractivity contribution in [3.8, 4) is 17.2 Å². The number of hydrogen-bond donors (Lipinski definition) is 1. The Bertz CT molecular complexity index is 1430. The highest BCUT2D eigenvalue weighted by Crippen LogP contribution is 2.60. The minimum absolute atomic E-state index is 0.247. The van der Waals surface area contributed by atoms with Crippen molar-refractivity contribution in [2.24, 2.45) is 17.8 Å². The lowest BCUT2D eigenvalue weighted by Gasteiger charge is -2.46. The molecule has 1 saturated heterocycles. The van der Waals surface area contributed by atoms with Gasteiger partial charge in [0.2, 0.25) is 5.89 Å². The Kier molecular flexibility index (Phi) is 5.82. The Morgan fingerprint density at radius 2 is 2.00 bits per heavy atom. The van der Waals surface area contributed by atoms with Crippen LogP contribution in [0.25, 0.3) is 17.2 Å². The Morgan fingerprint density at radius 1 is 1.22 bits per heavy atom. The first-order valence-corrected chi connectivity index (χ1v) is 11.9. The maximum atomic E-state index is 15.4. The van der Waals surface area contributed by atoms with E-state index in [0.29, 0.717) is 11.3 Å². The van der Waals surface area contributed by atoms with E-state index in [1.165, 1.54) is 6.92 Å². The standard InChI is InChI=1S/C27H25F2N5O3/c1-14-5-4-6-20(21(14)11-30)17-7-8-18(32-12-17)9-10-19-15(2)27(28,29)13-26(23-33-34-25(31)37-23)22(19)16(3)36-24(26)35/h4-10,12,15-16,19,22H,13H2,1-3H3,(H2,31,34)/t15-,16+,19-,22-,26+/m0/s1. The molecule has 37 heavy (non-hydrogen) atoms. The number of pyridine rings is 1. The number of nitrogens with two attached hydrogens (primary N) is 1. The van der Waals surface area contributed by atoms with Crippen molar-refractivity contribution in [1.29, 1.82) is 5.26 Å². The number of allylic oxidation sites excluding steroid dienone is 1. The number of aryl methyl sites for hydroxylation is 1. The molecule has 2 aromatic heterocycles. The predicted molar refractivity (Wildman–Crippen MR) is 130 cm³/mol. The van der Waals surface area contributed by atoms with Crippen molar-refractivity contribution >= 4 is 18.1 Å². The summed E-state index contributed by atoms with van der Waals surface area (Å²) in [4.78, 5) is 17.5. The zero-order valence-corrected chi connectivity index (χ0v) is 20.5. The van der Waals surface area contributed by atoms with Gasteiger partial charge in [-0.2, -0.15) is 5.26 Å². The Hall–Kier alpha value is -4.13. The van der Waals surface area contributed by atoms with Crippen LogP contribution in [0.2, 0.25) is 0 Å². The SMILES string of the molecule is Cc1cccc(-c2ccc(C=C[C@@H]3[C@@H]4[C@@H](C)OC(=O)[C@]4(c4nnc(N)o4)CC(F)(F)[C@H]3C)nc2)c1C#N. The van der Waals surface area contributed by atoms with Crippen molar-refractivity contribution in [3.63, 3.8) is 0 Å². The first kappa shape index (κ1) is 24.6. The van der Waals surface area contributed by atoms with Crippen LogP contribution in [-0.2, 0) is 14.9 Å². The van der Waals surface area contributed by atoms with E-state index in [1.807, 2.05) is 31.2 Å². The smallest absolute Gasteiger partial charge is 0.322 e. The maximum absolute atomic E-state index is 15.4. The Balaban J connectivity index is 1.51. The van der Waals surface area contributed by atoms with Gasteiger partial charge in [-0.1, -0.05) is 42.4 Å². The summed E-state index contributed by atoms with van der Waals surface area (Å²) in [6.07, 6.45) is 3.51. The van der Waals surface area contributed by atoms with E-state index in [-0.39, 0.29) is 11.9 Å². The maximum Gasteiger partial charge on any atom is 0.322 e. The third-order valence-electron chi connectivity index (χ3n) is 7.70. The second kappa shape index (κ2) is 8.76. The van der Waals surface area contributed by atoms with Crippen LogP contribution in [0, 0.1) is 36.0 Å². The van der Waals surface area contributed by atoms with Crippen LogP contribution >= 0.6 is 0 Å². The summed E-state index contributed by atoms with van der Waals surface area (Å²) in [7, 11) is 0. The van der Waals surface area contributed by atoms with Gasteiger partial charge in [-0.15, -0.1) is 5.10 Å². The number of nitrogen functional groups attached to an aromatic ring is 1. The number of hydrogen-bond acceptors (Lipinski definition) is 8. The van der Waals surface area contributed by atoms with E-state index in [4.69, 9.17) is 14.9 Å². The summed E-state index contributed by atoms with van der Waals surface area (Å²) < 4.78 is 41.6. The number of carbonyl (C=O) groups excluding carboxylic acids is 1. The van der Waals surface area contributed by atoms with Crippen LogP contribution in [0.15, 0.2) is 47.0 Å². The molecule has 5 rings (SSSR count). The molecule has 0 unspecified atom stereocenters. The molecule has 1 aromatic carbocycles. The molecule has 2 N–H and O–H groups in total. The molecular weight excluding hydrogens is 480 g/mol. The lowest BCUT2D eigenvalue weighted by molar-refractivity contribution is -0.159. The molecule has 5 atom stereocenters. The summed E-state index contributed by atoms with van der Waals surface area (Å²) in [5, 5.41) is 17.0. The van der Waals surface area contributed by atoms with Gasteiger partial charge in [0.25, 0.3) is 5.92 Å². The Labute approximate surface area is 212 Å². The van der Waals surface area contributed by atoms with Crippen LogP contribution in [0.3, 0.4) is 0 Å². The van der Waals surface area contributed by atoms with Crippen LogP contribution in [0.5, 0.6) is 0 Å². The van der Waals surface area contributed by atoms with Crippen LogP contribution in [-0.4, -0.2) is 33.2 Å². The lowest BCUT2D eigenvalue weighted by Crippen LogP contribution is -2.56. The zero-order valence-electron chi connectivity index (χ0n) is 20.5. The molecule has 2 fully saturated rings. The number of carbonyl (C=O) groups is 1. The van der Waals surface area contributed by atoms with Gasteiger partial charge in [0.1, 0.15) is 12.2 Å². The number of ether oxygens (including phenoxy) is 1. The molecule has 10 heteroatoms. The number of halogens is 2. The molecule has 1 aliphatic heterocycles. The number of aromatic nitrogens is 3. The van der Waals surface area contributed by atoms with E-state index in [2.05, 4.69) is 21.3 Å². The molecule has 1 aliphatic carbocycles. The zero-order chi connectivity index (χ0) is 26.5. The molecular formula is C27H25F2N5O3. The number of benzene rings is 1. The van der Waals surface area contributed by atoms with Crippen molar-refractivity contribution in [3.05, 3.63) is 65.3 Å². The fourth-order valence-corrected chi connectivity index (χ4v) is 5.78. The van der Waals surface area contributed by atoms with Crippen LogP contribution < -0.4 is 5.73 Å². The van der Waals surface area contributed by atoms with Gasteiger partial charge in [0.15, 0.2) is 5.41 Å². The molecule has 190 valence electrons. The minimum Gasteiger partial charge on any atom is -0.461 e. The van der Waals surface area contributed by atoms with Crippen molar-refractivity contribution in [1.82, 2.24) is 15.2 Å². The molecule has 0 amide bonds. The number of fused-ring (bicyclic) bond motifs is 1. The fraction of sp³-hybridized carbons (Fsp3) is 0.370. The quantitative estimate of drug-likeness (QED) is 0.506.